The van der Waals surface area contributed by atoms with Crippen molar-refractivity contribution in [1.82, 2.24) is 0 Å². The van der Waals surface area contributed by atoms with Crippen LogP contribution in [0.15, 0.2) is 36.4 Å². The smallest absolute Gasteiger partial charge is 0.127 e. The molecule has 2 nitrogen and oxygen atoms in total. The molecule has 2 aromatic carbocycles. The van der Waals surface area contributed by atoms with Gasteiger partial charge in [0.25, 0.3) is 0 Å². The highest BCUT2D eigenvalue weighted by Gasteiger charge is 2.12. The largest absolute Gasteiger partial charge is 0.507 e. The van der Waals surface area contributed by atoms with Gasteiger partial charge >= 0.3 is 0 Å². The first-order valence-electron chi connectivity index (χ1n) is 7.23. The van der Waals surface area contributed by atoms with Crippen LogP contribution in [0.5, 0.6) is 11.5 Å². The standard InChI is InChI=1S/C18H22O2/c1-3-4-5-8-14-11-16(19)18(17(20)12-14)15-9-6-7-13(2)10-15/h6-7,9-12,19-20H,3-5,8H2,1-2H3. The first-order valence-corrected chi connectivity index (χ1v) is 7.23. The normalized spacial score (nSPS) is 10.7. The topological polar surface area (TPSA) is 40.5 Å². The van der Waals surface area contributed by atoms with Crippen LogP contribution in [0.1, 0.15) is 37.3 Å². The summed E-state index contributed by atoms with van der Waals surface area (Å²) in [7, 11) is 0. The van der Waals surface area contributed by atoms with Gasteiger partial charge in [-0.05, 0) is 43.0 Å². The molecule has 2 heteroatoms. The SMILES string of the molecule is CCCCCc1cc(O)c(-c2cccc(C)c2)c(O)c1. The molecule has 0 bridgehead atoms. The Balaban J connectivity index is 2.31. The van der Waals surface area contributed by atoms with Crippen molar-refractivity contribution >= 4 is 0 Å². The monoisotopic (exact) mass is 270 g/mol. The van der Waals surface area contributed by atoms with E-state index in [9.17, 15) is 10.2 Å². The van der Waals surface area contributed by atoms with Crippen LogP contribution in [0.3, 0.4) is 0 Å². The van der Waals surface area contributed by atoms with Crippen molar-refractivity contribution in [3.05, 3.63) is 47.5 Å². The van der Waals surface area contributed by atoms with Crippen LogP contribution in [-0.4, -0.2) is 10.2 Å². The number of aryl methyl sites for hydroxylation is 2. The van der Waals surface area contributed by atoms with Crippen molar-refractivity contribution in [3.63, 3.8) is 0 Å². The Morgan fingerprint density at radius 2 is 1.65 bits per heavy atom. The average Bonchev–Trinajstić information content (AvgIpc) is 2.38. The van der Waals surface area contributed by atoms with Gasteiger partial charge in [0.1, 0.15) is 11.5 Å². The Hall–Kier alpha value is -1.96. The van der Waals surface area contributed by atoms with Gasteiger partial charge < -0.3 is 10.2 Å². The van der Waals surface area contributed by atoms with Crippen LogP contribution in [0.4, 0.5) is 0 Å². The van der Waals surface area contributed by atoms with E-state index < -0.39 is 0 Å². The van der Waals surface area contributed by atoms with Gasteiger partial charge in [-0.1, -0.05) is 49.6 Å². The molecule has 0 aliphatic rings. The second kappa shape index (κ2) is 6.47. The molecule has 0 amide bonds. The van der Waals surface area contributed by atoms with Crippen LogP contribution in [-0.2, 0) is 6.42 Å². The lowest BCUT2D eigenvalue weighted by molar-refractivity contribution is 0.452. The van der Waals surface area contributed by atoms with Crippen LogP contribution < -0.4 is 0 Å². The molecule has 0 aliphatic heterocycles. The van der Waals surface area contributed by atoms with Gasteiger partial charge in [-0.15, -0.1) is 0 Å². The summed E-state index contributed by atoms with van der Waals surface area (Å²) in [6.07, 6.45) is 4.31. The number of benzene rings is 2. The number of phenolic OH excluding ortho intramolecular Hbond substituents is 2. The summed E-state index contributed by atoms with van der Waals surface area (Å²) < 4.78 is 0. The van der Waals surface area contributed by atoms with E-state index in [1.165, 1.54) is 12.8 Å². The van der Waals surface area contributed by atoms with Gasteiger partial charge in [0.2, 0.25) is 0 Å². The minimum absolute atomic E-state index is 0.155. The number of unbranched alkanes of at least 4 members (excludes halogenated alkanes) is 2. The number of hydrogen-bond acceptors (Lipinski definition) is 2. The van der Waals surface area contributed by atoms with E-state index in [0.717, 1.165) is 29.5 Å². The Kier molecular flexibility index (Phi) is 4.67. The summed E-state index contributed by atoms with van der Waals surface area (Å²) >= 11 is 0. The fraction of sp³-hybridized carbons (Fsp3) is 0.333. The third kappa shape index (κ3) is 3.32. The minimum atomic E-state index is 0.155. The van der Waals surface area contributed by atoms with Crippen molar-refractivity contribution in [2.45, 2.75) is 39.5 Å². The molecule has 106 valence electrons. The van der Waals surface area contributed by atoms with Crippen molar-refractivity contribution in [2.75, 3.05) is 0 Å². The zero-order chi connectivity index (χ0) is 14.5. The molecule has 2 N–H and O–H groups in total. The summed E-state index contributed by atoms with van der Waals surface area (Å²) in [6.45, 7) is 4.16. The van der Waals surface area contributed by atoms with Gasteiger partial charge in [-0.3, -0.25) is 0 Å². The third-order valence-electron chi connectivity index (χ3n) is 3.53. The molecule has 0 aliphatic carbocycles. The van der Waals surface area contributed by atoms with Crippen LogP contribution in [0.25, 0.3) is 11.1 Å². The summed E-state index contributed by atoms with van der Waals surface area (Å²) in [5, 5.41) is 20.4. The Morgan fingerprint density at radius 3 is 2.25 bits per heavy atom. The van der Waals surface area contributed by atoms with Crippen molar-refractivity contribution in [2.24, 2.45) is 0 Å². The number of rotatable bonds is 5. The predicted octanol–water partition coefficient (Wildman–Crippen LogP) is 4.81. The predicted molar refractivity (Wildman–Crippen MR) is 83.2 cm³/mol. The molecule has 0 spiro atoms. The second-order valence-corrected chi connectivity index (χ2v) is 5.34. The fourth-order valence-corrected chi connectivity index (χ4v) is 2.49. The van der Waals surface area contributed by atoms with Crippen molar-refractivity contribution < 1.29 is 10.2 Å². The average molecular weight is 270 g/mol. The molecule has 0 atom stereocenters. The highest BCUT2D eigenvalue weighted by Crippen LogP contribution is 2.38. The van der Waals surface area contributed by atoms with E-state index in [1.807, 2.05) is 31.2 Å². The van der Waals surface area contributed by atoms with Crippen LogP contribution >= 0.6 is 0 Å². The van der Waals surface area contributed by atoms with Crippen LogP contribution in [0.2, 0.25) is 0 Å². The summed E-state index contributed by atoms with van der Waals surface area (Å²) in [5.41, 5.74) is 3.46. The zero-order valence-electron chi connectivity index (χ0n) is 12.2. The maximum atomic E-state index is 10.2. The third-order valence-corrected chi connectivity index (χ3v) is 3.53. The van der Waals surface area contributed by atoms with Crippen molar-refractivity contribution in [1.29, 1.82) is 0 Å². The van der Waals surface area contributed by atoms with E-state index >= 15 is 0 Å². The molecule has 0 saturated carbocycles. The molecule has 0 unspecified atom stereocenters. The Morgan fingerprint density at radius 1 is 0.950 bits per heavy atom. The van der Waals surface area contributed by atoms with E-state index in [4.69, 9.17) is 0 Å². The van der Waals surface area contributed by atoms with Crippen molar-refractivity contribution in [3.8, 4) is 22.6 Å². The summed E-state index contributed by atoms with van der Waals surface area (Å²) in [4.78, 5) is 0. The maximum absolute atomic E-state index is 10.2. The quantitative estimate of drug-likeness (QED) is 0.766. The number of phenols is 2. The van der Waals surface area contributed by atoms with E-state index in [2.05, 4.69) is 6.92 Å². The fourth-order valence-electron chi connectivity index (χ4n) is 2.49. The number of aromatic hydroxyl groups is 2. The first kappa shape index (κ1) is 14.4. The van der Waals surface area contributed by atoms with Gasteiger partial charge in [-0.25, -0.2) is 0 Å². The molecule has 0 fully saturated rings. The van der Waals surface area contributed by atoms with E-state index in [0.29, 0.717) is 5.56 Å². The van der Waals surface area contributed by atoms with E-state index in [1.54, 1.807) is 12.1 Å². The van der Waals surface area contributed by atoms with Gasteiger partial charge in [0, 0.05) is 0 Å². The minimum Gasteiger partial charge on any atom is -0.507 e. The summed E-state index contributed by atoms with van der Waals surface area (Å²) in [5.74, 6) is 0.309. The maximum Gasteiger partial charge on any atom is 0.127 e. The van der Waals surface area contributed by atoms with Gasteiger partial charge in [0.15, 0.2) is 0 Å². The first-order chi connectivity index (χ1) is 9.61. The lowest BCUT2D eigenvalue weighted by Gasteiger charge is -2.11. The molecule has 2 rings (SSSR count). The zero-order valence-corrected chi connectivity index (χ0v) is 12.2. The molecular formula is C18H22O2. The number of hydrogen-bond donors (Lipinski definition) is 2. The molecule has 0 saturated heterocycles. The summed E-state index contributed by atoms with van der Waals surface area (Å²) in [6, 6.07) is 11.3. The molecular weight excluding hydrogens is 248 g/mol. The molecule has 0 radical (unpaired) electrons. The molecule has 0 aromatic heterocycles. The second-order valence-electron chi connectivity index (χ2n) is 5.34. The Labute approximate surface area is 120 Å². The highest BCUT2D eigenvalue weighted by atomic mass is 16.3. The van der Waals surface area contributed by atoms with E-state index in [-0.39, 0.29) is 11.5 Å². The lowest BCUT2D eigenvalue weighted by Crippen LogP contribution is -1.89. The molecule has 2 aromatic rings. The van der Waals surface area contributed by atoms with Gasteiger partial charge in [-0.2, -0.15) is 0 Å². The van der Waals surface area contributed by atoms with Gasteiger partial charge in [0.05, 0.1) is 5.56 Å². The Bertz CT molecular complexity index is 565. The van der Waals surface area contributed by atoms with Crippen LogP contribution in [0, 0.1) is 6.92 Å². The lowest BCUT2D eigenvalue weighted by atomic mass is 9.98. The molecule has 20 heavy (non-hydrogen) atoms. The molecule has 0 heterocycles. The highest BCUT2D eigenvalue weighted by molar-refractivity contribution is 5.77.